The monoisotopic (exact) mass is 250 g/mol. The molecule has 0 heterocycles. The highest BCUT2D eigenvalue weighted by Gasteiger charge is 2.06. The lowest BCUT2D eigenvalue weighted by atomic mass is 10.2. The van der Waals surface area contributed by atoms with Crippen molar-refractivity contribution in [2.45, 2.75) is 19.3 Å². The van der Waals surface area contributed by atoms with Crippen LogP contribution in [-0.2, 0) is 9.53 Å². The average molecular weight is 250 g/mol. The predicted octanol–water partition coefficient (Wildman–Crippen LogP) is 2.45. The average Bonchev–Trinajstić information content (AvgIpc) is 2.37. The molecular formula is C13H15FN2O2. The fourth-order valence-electron chi connectivity index (χ4n) is 1.44. The van der Waals surface area contributed by atoms with Gasteiger partial charge >= 0.3 is 0 Å². The van der Waals surface area contributed by atoms with Gasteiger partial charge in [-0.25, -0.2) is 4.39 Å². The molecular weight excluding hydrogens is 235 g/mol. The molecule has 0 aromatic heterocycles. The zero-order valence-electron chi connectivity index (χ0n) is 10.2. The number of methoxy groups -OCH3 is 1. The first-order valence-electron chi connectivity index (χ1n) is 5.66. The highest BCUT2D eigenvalue weighted by molar-refractivity contribution is 5.90. The first kappa shape index (κ1) is 14.1. The second kappa shape index (κ2) is 7.41. The Hall–Kier alpha value is -1.93. The number of benzene rings is 1. The summed E-state index contributed by atoms with van der Waals surface area (Å²) >= 11 is 0. The standard InChI is InChI=1S/C13H15FN2O2/c1-18-7-3-2-4-13(17)16-11-5-6-12(14)10(8-11)9-15/h5-6,8H,2-4,7H2,1H3,(H,16,17). The lowest BCUT2D eigenvalue weighted by molar-refractivity contribution is -0.116. The van der Waals surface area contributed by atoms with Gasteiger partial charge in [-0.15, -0.1) is 0 Å². The molecule has 0 bridgehead atoms. The van der Waals surface area contributed by atoms with Crippen molar-refractivity contribution >= 4 is 11.6 Å². The molecule has 0 fully saturated rings. The summed E-state index contributed by atoms with van der Waals surface area (Å²) in [6, 6.07) is 5.65. The van der Waals surface area contributed by atoms with Gasteiger partial charge in [0.2, 0.25) is 5.91 Å². The molecule has 0 atom stereocenters. The van der Waals surface area contributed by atoms with Crippen LogP contribution in [0.2, 0.25) is 0 Å². The summed E-state index contributed by atoms with van der Waals surface area (Å²) in [4.78, 5) is 11.5. The molecule has 4 nitrogen and oxygen atoms in total. The highest BCUT2D eigenvalue weighted by atomic mass is 19.1. The van der Waals surface area contributed by atoms with Crippen LogP contribution in [0.5, 0.6) is 0 Å². The normalized spacial score (nSPS) is 9.83. The van der Waals surface area contributed by atoms with Gasteiger partial charge in [-0.2, -0.15) is 5.26 Å². The number of anilines is 1. The predicted molar refractivity (Wildman–Crippen MR) is 65.5 cm³/mol. The van der Waals surface area contributed by atoms with Gasteiger partial charge in [0, 0.05) is 25.8 Å². The minimum Gasteiger partial charge on any atom is -0.385 e. The fourth-order valence-corrected chi connectivity index (χ4v) is 1.44. The van der Waals surface area contributed by atoms with Gasteiger partial charge in [-0.3, -0.25) is 4.79 Å². The number of rotatable bonds is 6. The van der Waals surface area contributed by atoms with Gasteiger partial charge in [-0.05, 0) is 31.0 Å². The molecule has 1 aromatic rings. The molecule has 96 valence electrons. The maximum atomic E-state index is 13.0. The van der Waals surface area contributed by atoms with E-state index in [0.717, 1.165) is 12.8 Å². The minimum atomic E-state index is -0.587. The number of carbonyl (C=O) groups is 1. The van der Waals surface area contributed by atoms with E-state index >= 15 is 0 Å². The second-order valence-corrected chi connectivity index (χ2v) is 3.80. The Kier molecular flexibility index (Phi) is 5.81. The lowest BCUT2D eigenvalue weighted by Crippen LogP contribution is -2.11. The summed E-state index contributed by atoms with van der Waals surface area (Å²) in [5.41, 5.74) is 0.358. The molecule has 18 heavy (non-hydrogen) atoms. The second-order valence-electron chi connectivity index (χ2n) is 3.80. The van der Waals surface area contributed by atoms with E-state index in [2.05, 4.69) is 5.32 Å². The van der Waals surface area contributed by atoms with E-state index in [9.17, 15) is 9.18 Å². The Labute approximate surface area is 105 Å². The number of amides is 1. The minimum absolute atomic E-state index is 0.0767. The van der Waals surface area contributed by atoms with Crippen LogP contribution in [0.15, 0.2) is 18.2 Å². The topological polar surface area (TPSA) is 62.1 Å². The Morgan fingerprint density at radius 2 is 2.28 bits per heavy atom. The van der Waals surface area contributed by atoms with Crippen LogP contribution in [-0.4, -0.2) is 19.6 Å². The largest absolute Gasteiger partial charge is 0.385 e. The van der Waals surface area contributed by atoms with Crippen molar-refractivity contribution in [2.75, 3.05) is 19.0 Å². The van der Waals surface area contributed by atoms with E-state index in [4.69, 9.17) is 10.00 Å². The van der Waals surface area contributed by atoms with Crippen molar-refractivity contribution in [1.82, 2.24) is 0 Å². The number of hydrogen-bond donors (Lipinski definition) is 1. The Morgan fingerprint density at radius 3 is 2.94 bits per heavy atom. The highest BCUT2D eigenvalue weighted by Crippen LogP contribution is 2.14. The molecule has 1 amide bonds. The van der Waals surface area contributed by atoms with Crippen LogP contribution >= 0.6 is 0 Å². The van der Waals surface area contributed by atoms with Gasteiger partial charge in [-0.1, -0.05) is 0 Å². The third-order valence-electron chi connectivity index (χ3n) is 2.37. The Balaban J connectivity index is 2.47. The molecule has 1 aromatic carbocycles. The van der Waals surface area contributed by atoms with Gasteiger partial charge < -0.3 is 10.1 Å². The number of halogens is 1. The summed E-state index contributed by atoms with van der Waals surface area (Å²) < 4.78 is 17.9. The SMILES string of the molecule is COCCCCC(=O)Nc1ccc(F)c(C#N)c1. The van der Waals surface area contributed by atoms with Gasteiger partial charge in [0.1, 0.15) is 11.9 Å². The number of nitrogens with one attached hydrogen (secondary N) is 1. The molecule has 0 aliphatic heterocycles. The first-order chi connectivity index (χ1) is 8.67. The molecule has 0 unspecified atom stereocenters. The van der Waals surface area contributed by atoms with E-state index in [-0.39, 0.29) is 11.5 Å². The fraction of sp³-hybridized carbons (Fsp3) is 0.385. The van der Waals surface area contributed by atoms with Crippen molar-refractivity contribution < 1.29 is 13.9 Å². The molecule has 0 aliphatic rings. The summed E-state index contributed by atoms with van der Waals surface area (Å²) in [6.45, 7) is 0.627. The Morgan fingerprint density at radius 1 is 1.50 bits per heavy atom. The van der Waals surface area contributed by atoms with E-state index in [1.807, 2.05) is 0 Å². The number of carbonyl (C=O) groups excluding carboxylic acids is 1. The number of hydrogen-bond acceptors (Lipinski definition) is 3. The molecule has 1 N–H and O–H groups in total. The van der Waals surface area contributed by atoms with Crippen molar-refractivity contribution in [2.24, 2.45) is 0 Å². The van der Waals surface area contributed by atoms with Gasteiger partial charge in [0.25, 0.3) is 0 Å². The number of nitrogens with zero attached hydrogens (tertiary/aromatic N) is 1. The summed E-state index contributed by atoms with van der Waals surface area (Å²) in [5.74, 6) is -0.739. The zero-order valence-corrected chi connectivity index (χ0v) is 10.2. The molecule has 0 radical (unpaired) electrons. The number of unbranched alkanes of at least 4 members (excludes halogenated alkanes) is 1. The smallest absolute Gasteiger partial charge is 0.224 e. The summed E-state index contributed by atoms with van der Waals surface area (Å²) in [7, 11) is 1.61. The summed E-state index contributed by atoms with van der Waals surface area (Å²) in [6.07, 6.45) is 1.92. The van der Waals surface area contributed by atoms with Crippen LogP contribution in [0.25, 0.3) is 0 Å². The lowest BCUT2D eigenvalue weighted by Gasteiger charge is -2.05. The van der Waals surface area contributed by atoms with E-state index in [1.165, 1.54) is 18.2 Å². The van der Waals surface area contributed by atoms with E-state index in [0.29, 0.717) is 18.7 Å². The van der Waals surface area contributed by atoms with Crippen molar-refractivity contribution in [3.05, 3.63) is 29.6 Å². The molecule has 1 rings (SSSR count). The van der Waals surface area contributed by atoms with E-state index in [1.54, 1.807) is 13.2 Å². The molecule has 0 aliphatic carbocycles. The third kappa shape index (κ3) is 4.52. The third-order valence-corrected chi connectivity index (χ3v) is 2.37. The van der Waals surface area contributed by atoms with Crippen LogP contribution in [0, 0.1) is 17.1 Å². The van der Waals surface area contributed by atoms with Crippen LogP contribution in [0.4, 0.5) is 10.1 Å². The Bertz CT molecular complexity index is 455. The number of ether oxygens (including phenoxy) is 1. The molecule has 5 heteroatoms. The molecule has 0 saturated heterocycles. The van der Waals surface area contributed by atoms with Crippen LogP contribution in [0.3, 0.4) is 0 Å². The molecule has 0 spiro atoms. The quantitative estimate of drug-likeness (QED) is 0.789. The maximum absolute atomic E-state index is 13.0. The van der Waals surface area contributed by atoms with Crippen molar-refractivity contribution in [1.29, 1.82) is 5.26 Å². The van der Waals surface area contributed by atoms with Gasteiger partial charge in [0.05, 0.1) is 5.56 Å². The van der Waals surface area contributed by atoms with Crippen molar-refractivity contribution in [3.63, 3.8) is 0 Å². The molecule has 0 saturated carbocycles. The van der Waals surface area contributed by atoms with E-state index < -0.39 is 5.82 Å². The van der Waals surface area contributed by atoms with Crippen LogP contribution in [0.1, 0.15) is 24.8 Å². The van der Waals surface area contributed by atoms with Crippen molar-refractivity contribution in [3.8, 4) is 6.07 Å². The van der Waals surface area contributed by atoms with Crippen LogP contribution < -0.4 is 5.32 Å². The maximum Gasteiger partial charge on any atom is 0.224 e. The first-order valence-corrected chi connectivity index (χ1v) is 5.66. The number of nitriles is 1. The zero-order chi connectivity index (χ0) is 13.4. The summed E-state index contributed by atoms with van der Waals surface area (Å²) in [5, 5.41) is 11.3. The van der Waals surface area contributed by atoms with Gasteiger partial charge in [0.15, 0.2) is 0 Å².